The molecule has 0 aliphatic heterocycles. The Bertz CT molecular complexity index is 836. The second kappa shape index (κ2) is 5.05. The number of aromatic nitrogens is 1. The van der Waals surface area contributed by atoms with Crippen molar-refractivity contribution in [3.8, 4) is 0 Å². The van der Waals surface area contributed by atoms with Crippen molar-refractivity contribution in [2.24, 2.45) is 7.05 Å². The van der Waals surface area contributed by atoms with Gasteiger partial charge in [-0.05, 0) is 42.8 Å². The maximum absolute atomic E-state index is 13.8. The van der Waals surface area contributed by atoms with Gasteiger partial charge in [-0.1, -0.05) is 18.2 Å². The van der Waals surface area contributed by atoms with Gasteiger partial charge in [-0.3, -0.25) is 4.79 Å². The highest BCUT2D eigenvalue weighted by molar-refractivity contribution is 6.06. The summed E-state index contributed by atoms with van der Waals surface area (Å²) in [6, 6.07) is 14.0. The summed E-state index contributed by atoms with van der Waals surface area (Å²) in [5, 5.41) is 3.29. The minimum absolute atomic E-state index is 0.251. The van der Waals surface area contributed by atoms with Crippen LogP contribution in [0.4, 0.5) is 10.1 Å². The van der Waals surface area contributed by atoms with Crippen LogP contribution < -0.4 is 5.32 Å². The van der Waals surface area contributed by atoms with Crippen molar-refractivity contribution in [2.75, 3.05) is 5.32 Å². The standard InChI is InChI=1S/C17H15FN2O/c1-11-5-3-6-12(9-11)19-17(21)16-10-13-14(18)7-4-8-15(13)20(16)2/h3-10H,1-2H3,(H,19,21). The van der Waals surface area contributed by atoms with Crippen LogP contribution in [0, 0.1) is 12.7 Å². The predicted molar refractivity (Wildman–Crippen MR) is 82.0 cm³/mol. The largest absolute Gasteiger partial charge is 0.340 e. The van der Waals surface area contributed by atoms with Crippen LogP contribution in [0.1, 0.15) is 16.1 Å². The number of anilines is 1. The van der Waals surface area contributed by atoms with Crippen molar-refractivity contribution in [3.05, 3.63) is 65.6 Å². The van der Waals surface area contributed by atoms with Gasteiger partial charge in [-0.15, -0.1) is 0 Å². The molecule has 1 N–H and O–H groups in total. The quantitative estimate of drug-likeness (QED) is 0.760. The fraction of sp³-hybridized carbons (Fsp3) is 0.118. The maximum Gasteiger partial charge on any atom is 0.272 e. The lowest BCUT2D eigenvalue weighted by molar-refractivity contribution is 0.102. The normalized spacial score (nSPS) is 10.8. The van der Waals surface area contributed by atoms with Crippen LogP contribution >= 0.6 is 0 Å². The Balaban J connectivity index is 1.98. The van der Waals surface area contributed by atoms with Gasteiger partial charge in [0.25, 0.3) is 5.91 Å². The first-order valence-corrected chi connectivity index (χ1v) is 6.68. The van der Waals surface area contributed by atoms with Crippen molar-refractivity contribution in [1.29, 1.82) is 0 Å². The summed E-state index contributed by atoms with van der Waals surface area (Å²) in [7, 11) is 1.76. The molecule has 4 heteroatoms. The minimum Gasteiger partial charge on any atom is -0.340 e. The molecule has 0 atom stereocenters. The highest BCUT2D eigenvalue weighted by atomic mass is 19.1. The third kappa shape index (κ3) is 2.40. The van der Waals surface area contributed by atoms with Crippen LogP contribution in [0.3, 0.4) is 0 Å². The summed E-state index contributed by atoms with van der Waals surface area (Å²) in [6.07, 6.45) is 0. The molecular formula is C17H15FN2O. The Morgan fingerprint density at radius 1 is 1.14 bits per heavy atom. The second-order valence-electron chi connectivity index (χ2n) is 5.08. The van der Waals surface area contributed by atoms with E-state index in [0.29, 0.717) is 16.6 Å². The van der Waals surface area contributed by atoms with Crippen molar-refractivity contribution in [1.82, 2.24) is 4.57 Å². The average Bonchev–Trinajstić information content (AvgIpc) is 2.78. The molecule has 0 saturated carbocycles. The molecule has 1 amide bonds. The third-order valence-corrected chi connectivity index (χ3v) is 3.54. The Morgan fingerprint density at radius 3 is 2.62 bits per heavy atom. The molecule has 0 saturated heterocycles. The Hall–Kier alpha value is -2.62. The number of rotatable bonds is 2. The summed E-state index contributed by atoms with van der Waals surface area (Å²) < 4.78 is 15.5. The van der Waals surface area contributed by atoms with Gasteiger partial charge in [-0.2, -0.15) is 0 Å². The van der Waals surface area contributed by atoms with Crippen LogP contribution in [-0.2, 0) is 7.05 Å². The molecule has 0 unspecified atom stereocenters. The van der Waals surface area contributed by atoms with Crippen LogP contribution in [0.2, 0.25) is 0 Å². The summed E-state index contributed by atoms with van der Waals surface area (Å²) in [4.78, 5) is 12.4. The third-order valence-electron chi connectivity index (χ3n) is 3.54. The smallest absolute Gasteiger partial charge is 0.272 e. The van der Waals surface area contributed by atoms with Gasteiger partial charge in [0.05, 0.1) is 5.52 Å². The number of hydrogen-bond acceptors (Lipinski definition) is 1. The lowest BCUT2D eigenvalue weighted by Gasteiger charge is -2.07. The van der Waals surface area contributed by atoms with Crippen LogP contribution in [-0.4, -0.2) is 10.5 Å². The molecule has 0 bridgehead atoms. The summed E-state index contributed by atoms with van der Waals surface area (Å²) in [5.74, 6) is -0.573. The first kappa shape index (κ1) is 13.4. The molecule has 106 valence electrons. The monoisotopic (exact) mass is 282 g/mol. The zero-order chi connectivity index (χ0) is 15.0. The molecule has 2 aromatic carbocycles. The number of aryl methyl sites for hydroxylation is 2. The number of nitrogens with zero attached hydrogens (tertiary/aromatic N) is 1. The van der Waals surface area contributed by atoms with Crippen LogP contribution in [0.25, 0.3) is 10.9 Å². The number of benzene rings is 2. The summed E-state index contributed by atoms with van der Waals surface area (Å²) in [6.45, 7) is 1.96. The summed E-state index contributed by atoms with van der Waals surface area (Å²) in [5.41, 5.74) is 2.92. The van der Waals surface area contributed by atoms with Gasteiger partial charge >= 0.3 is 0 Å². The molecule has 21 heavy (non-hydrogen) atoms. The molecule has 3 nitrogen and oxygen atoms in total. The fourth-order valence-electron chi connectivity index (χ4n) is 2.46. The van der Waals surface area contributed by atoms with E-state index in [1.165, 1.54) is 6.07 Å². The van der Waals surface area contributed by atoms with Crippen LogP contribution in [0.15, 0.2) is 48.5 Å². The number of amides is 1. The first-order chi connectivity index (χ1) is 10.1. The highest BCUT2D eigenvalue weighted by Gasteiger charge is 2.15. The fourth-order valence-corrected chi connectivity index (χ4v) is 2.46. The van der Waals surface area contributed by atoms with E-state index < -0.39 is 0 Å². The molecule has 1 aromatic heterocycles. The van der Waals surface area contributed by atoms with Crippen molar-refractivity contribution >= 4 is 22.5 Å². The van der Waals surface area contributed by atoms with E-state index in [9.17, 15) is 9.18 Å². The van der Waals surface area contributed by atoms with E-state index in [4.69, 9.17) is 0 Å². The SMILES string of the molecule is Cc1cccc(NC(=O)c2cc3c(F)cccc3n2C)c1. The first-order valence-electron chi connectivity index (χ1n) is 6.68. The van der Waals surface area contributed by atoms with Gasteiger partial charge in [-0.25, -0.2) is 4.39 Å². The molecule has 3 rings (SSSR count). The number of carbonyl (C=O) groups is 1. The zero-order valence-corrected chi connectivity index (χ0v) is 11.9. The molecule has 0 aliphatic carbocycles. The molecule has 0 spiro atoms. The van der Waals surface area contributed by atoms with E-state index in [2.05, 4.69) is 5.32 Å². The minimum atomic E-state index is -0.322. The van der Waals surface area contributed by atoms with Gasteiger partial charge in [0.1, 0.15) is 11.5 Å². The lowest BCUT2D eigenvalue weighted by atomic mass is 10.2. The van der Waals surface area contributed by atoms with Crippen LogP contribution in [0.5, 0.6) is 0 Å². The Morgan fingerprint density at radius 2 is 1.90 bits per heavy atom. The van der Waals surface area contributed by atoms with E-state index >= 15 is 0 Å². The van der Waals surface area contributed by atoms with E-state index in [0.717, 1.165) is 11.3 Å². The molecule has 1 heterocycles. The van der Waals surface area contributed by atoms with Crippen molar-refractivity contribution < 1.29 is 9.18 Å². The highest BCUT2D eigenvalue weighted by Crippen LogP contribution is 2.22. The second-order valence-corrected chi connectivity index (χ2v) is 5.08. The average molecular weight is 282 g/mol. The van der Waals surface area contributed by atoms with E-state index in [-0.39, 0.29) is 11.7 Å². The predicted octanol–water partition coefficient (Wildman–Crippen LogP) is 3.88. The molecule has 0 aliphatic rings. The van der Waals surface area contributed by atoms with Gasteiger partial charge in [0, 0.05) is 18.1 Å². The zero-order valence-electron chi connectivity index (χ0n) is 11.9. The molecule has 0 fully saturated rings. The maximum atomic E-state index is 13.8. The number of fused-ring (bicyclic) bond motifs is 1. The molecule has 3 aromatic rings. The number of halogens is 1. The van der Waals surface area contributed by atoms with Crippen molar-refractivity contribution in [2.45, 2.75) is 6.92 Å². The molecular weight excluding hydrogens is 267 g/mol. The van der Waals surface area contributed by atoms with Gasteiger partial charge in [0.15, 0.2) is 0 Å². The summed E-state index contributed by atoms with van der Waals surface area (Å²) >= 11 is 0. The van der Waals surface area contributed by atoms with Gasteiger partial charge < -0.3 is 9.88 Å². The number of carbonyl (C=O) groups excluding carboxylic acids is 1. The lowest BCUT2D eigenvalue weighted by Crippen LogP contribution is -2.15. The Kier molecular flexibility index (Phi) is 3.22. The number of hydrogen-bond donors (Lipinski definition) is 1. The van der Waals surface area contributed by atoms with Crippen molar-refractivity contribution in [3.63, 3.8) is 0 Å². The number of nitrogens with one attached hydrogen (secondary N) is 1. The van der Waals surface area contributed by atoms with E-state index in [1.807, 2.05) is 31.2 Å². The van der Waals surface area contributed by atoms with E-state index in [1.54, 1.807) is 29.8 Å². The Labute approximate surface area is 122 Å². The topological polar surface area (TPSA) is 34.0 Å². The van der Waals surface area contributed by atoms with Gasteiger partial charge in [0.2, 0.25) is 0 Å². The molecule has 0 radical (unpaired) electrons.